The number of hydrogen-bond acceptors (Lipinski definition) is 3. The number of hydrogen-bond donors (Lipinski definition) is 0. The van der Waals surface area contributed by atoms with Crippen LogP contribution in [0.2, 0.25) is 0 Å². The Morgan fingerprint density at radius 2 is 2.31 bits per heavy atom. The number of aryl methyl sites for hydroxylation is 1. The van der Waals surface area contributed by atoms with Gasteiger partial charge in [0, 0.05) is 25.9 Å². The maximum atomic E-state index is 5.33. The van der Waals surface area contributed by atoms with Gasteiger partial charge >= 0.3 is 0 Å². The van der Waals surface area contributed by atoms with Crippen LogP contribution in [-0.2, 0) is 11.3 Å². The Balaban J connectivity index is 2.57. The summed E-state index contributed by atoms with van der Waals surface area (Å²) in [5, 5.41) is 0. The molecule has 0 radical (unpaired) electrons. The molecule has 0 unspecified atom stereocenters. The standard InChI is InChI=1S/C13H18N2O/c1-4-8-15(9-10-16-3)11-13-7-5-6-12(2)14-13/h1,5-7H,8-11H2,2-3H3. The molecule has 3 heteroatoms. The molecule has 0 aliphatic carbocycles. The van der Waals surface area contributed by atoms with Crippen LogP contribution in [0.5, 0.6) is 0 Å². The molecule has 0 saturated carbocycles. The van der Waals surface area contributed by atoms with Crippen LogP contribution >= 0.6 is 0 Å². The minimum absolute atomic E-state index is 0.624. The summed E-state index contributed by atoms with van der Waals surface area (Å²) in [6.45, 7) is 4.90. The molecular formula is C13H18N2O. The number of terminal acetylenes is 1. The number of rotatable bonds is 6. The van der Waals surface area contributed by atoms with Crippen molar-refractivity contribution >= 4 is 0 Å². The zero-order chi connectivity index (χ0) is 11.8. The Bertz CT molecular complexity index is 357. The summed E-state index contributed by atoms with van der Waals surface area (Å²) in [7, 11) is 1.69. The predicted molar refractivity (Wildman–Crippen MR) is 65.0 cm³/mol. The quantitative estimate of drug-likeness (QED) is 0.676. The lowest BCUT2D eigenvalue weighted by molar-refractivity contribution is 0.151. The van der Waals surface area contributed by atoms with Crippen LogP contribution in [0.15, 0.2) is 18.2 Å². The van der Waals surface area contributed by atoms with E-state index in [9.17, 15) is 0 Å². The molecule has 0 saturated heterocycles. The monoisotopic (exact) mass is 218 g/mol. The Morgan fingerprint density at radius 3 is 2.94 bits per heavy atom. The van der Waals surface area contributed by atoms with Gasteiger partial charge in [-0.25, -0.2) is 0 Å². The number of nitrogens with zero attached hydrogens (tertiary/aromatic N) is 2. The maximum absolute atomic E-state index is 5.33. The van der Waals surface area contributed by atoms with E-state index in [1.807, 2.05) is 25.1 Å². The molecule has 0 amide bonds. The maximum Gasteiger partial charge on any atom is 0.0603 e. The van der Waals surface area contributed by atoms with Gasteiger partial charge in [-0.15, -0.1) is 6.42 Å². The minimum atomic E-state index is 0.624. The second-order valence-electron chi connectivity index (χ2n) is 3.68. The van der Waals surface area contributed by atoms with Gasteiger partial charge in [-0.1, -0.05) is 12.0 Å². The van der Waals surface area contributed by atoms with Crippen LogP contribution in [0.25, 0.3) is 0 Å². The molecule has 86 valence electrons. The van der Waals surface area contributed by atoms with E-state index < -0.39 is 0 Å². The lowest BCUT2D eigenvalue weighted by atomic mass is 10.3. The summed E-state index contributed by atoms with van der Waals surface area (Å²) in [6.07, 6.45) is 5.33. The summed E-state index contributed by atoms with van der Waals surface area (Å²) in [5.41, 5.74) is 2.08. The second-order valence-corrected chi connectivity index (χ2v) is 3.68. The average Bonchev–Trinajstić information content (AvgIpc) is 2.26. The first kappa shape index (κ1) is 12.7. The van der Waals surface area contributed by atoms with Gasteiger partial charge in [-0.05, 0) is 19.1 Å². The third-order valence-corrected chi connectivity index (χ3v) is 2.26. The fourth-order valence-corrected chi connectivity index (χ4v) is 1.48. The Hall–Kier alpha value is -1.37. The first-order chi connectivity index (χ1) is 7.76. The minimum Gasteiger partial charge on any atom is -0.383 e. The van der Waals surface area contributed by atoms with E-state index in [-0.39, 0.29) is 0 Å². The molecule has 16 heavy (non-hydrogen) atoms. The van der Waals surface area contributed by atoms with Crippen molar-refractivity contribution in [1.29, 1.82) is 0 Å². The first-order valence-corrected chi connectivity index (χ1v) is 5.33. The molecule has 0 aliphatic rings. The highest BCUT2D eigenvalue weighted by molar-refractivity contribution is 5.10. The molecule has 1 aromatic rings. The van der Waals surface area contributed by atoms with Crippen molar-refractivity contribution in [1.82, 2.24) is 9.88 Å². The third kappa shape index (κ3) is 4.43. The number of ether oxygens (including phenoxy) is 1. The molecule has 1 heterocycles. The summed E-state index contributed by atoms with van der Waals surface area (Å²) in [4.78, 5) is 6.60. The van der Waals surface area contributed by atoms with E-state index in [1.54, 1.807) is 7.11 Å². The normalized spacial score (nSPS) is 10.4. The van der Waals surface area contributed by atoms with Crippen LogP contribution in [0, 0.1) is 19.3 Å². The highest BCUT2D eigenvalue weighted by Crippen LogP contribution is 2.02. The van der Waals surface area contributed by atoms with Crippen molar-refractivity contribution in [3.8, 4) is 12.3 Å². The molecule has 0 N–H and O–H groups in total. The van der Waals surface area contributed by atoms with Gasteiger partial charge in [0.25, 0.3) is 0 Å². The highest BCUT2D eigenvalue weighted by Gasteiger charge is 2.05. The topological polar surface area (TPSA) is 25.4 Å². The summed E-state index contributed by atoms with van der Waals surface area (Å²) in [5.74, 6) is 2.65. The van der Waals surface area contributed by atoms with Crippen molar-refractivity contribution in [2.24, 2.45) is 0 Å². The molecule has 0 aliphatic heterocycles. The van der Waals surface area contributed by atoms with E-state index in [0.717, 1.165) is 24.5 Å². The summed E-state index contributed by atoms with van der Waals surface area (Å²) < 4.78 is 5.05. The zero-order valence-electron chi connectivity index (χ0n) is 9.94. The molecule has 0 bridgehead atoms. The SMILES string of the molecule is C#CCN(CCOC)Cc1cccc(C)n1. The molecule has 0 atom stereocenters. The van der Waals surface area contributed by atoms with Crippen LogP contribution in [0.3, 0.4) is 0 Å². The molecule has 0 spiro atoms. The van der Waals surface area contributed by atoms with Gasteiger partial charge < -0.3 is 4.74 Å². The molecule has 3 nitrogen and oxygen atoms in total. The van der Waals surface area contributed by atoms with Crippen molar-refractivity contribution < 1.29 is 4.74 Å². The van der Waals surface area contributed by atoms with Crippen molar-refractivity contribution in [2.45, 2.75) is 13.5 Å². The lowest BCUT2D eigenvalue weighted by Gasteiger charge is -2.18. The van der Waals surface area contributed by atoms with Crippen molar-refractivity contribution in [3.05, 3.63) is 29.6 Å². The number of methoxy groups -OCH3 is 1. The molecule has 1 aromatic heterocycles. The van der Waals surface area contributed by atoms with Gasteiger partial charge in [0.05, 0.1) is 18.8 Å². The molecular weight excluding hydrogens is 200 g/mol. The fraction of sp³-hybridized carbons (Fsp3) is 0.462. The van der Waals surface area contributed by atoms with Crippen LogP contribution in [-0.4, -0.2) is 36.7 Å². The molecule has 1 rings (SSSR count). The molecule has 0 fully saturated rings. The van der Waals surface area contributed by atoms with E-state index in [0.29, 0.717) is 13.2 Å². The van der Waals surface area contributed by atoms with Gasteiger partial charge in [-0.3, -0.25) is 9.88 Å². The third-order valence-electron chi connectivity index (χ3n) is 2.26. The number of pyridine rings is 1. The van der Waals surface area contributed by atoms with Gasteiger partial charge in [0.2, 0.25) is 0 Å². The number of aromatic nitrogens is 1. The van der Waals surface area contributed by atoms with Gasteiger partial charge in [0.15, 0.2) is 0 Å². The van der Waals surface area contributed by atoms with Gasteiger partial charge in [0.1, 0.15) is 0 Å². The van der Waals surface area contributed by atoms with Crippen molar-refractivity contribution in [2.75, 3.05) is 26.8 Å². The van der Waals surface area contributed by atoms with E-state index >= 15 is 0 Å². The van der Waals surface area contributed by atoms with E-state index in [2.05, 4.69) is 15.8 Å². The Labute approximate surface area is 97.4 Å². The average molecular weight is 218 g/mol. The van der Waals surface area contributed by atoms with E-state index in [4.69, 9.17) is 11.2 Å². The van der Waals surface area contributed by atoms with Crippen LogP contribution in [0.4, 0.5) is 0 Å². The Kier molecular flexibility index (Phi) is 5.55. The summed E-state index contributed by atoms with van der Waals surface area (Å²) >= 11 is 0. The zero-order valence-corrected chi connectivity index (χ0v) is 9.94. The fourth-order valence-electron chi connectivity index (χ4n) is 1.48. The molecule has 0 aromatic carbocycles. The van der Waals surface area contributed by atoms with Crippen LogP contribution in [0.1, 0.15) is 11.4 Å². The second kappa shape index (κ2) is 7.00. The highest BCUT2D eigenvalue weighted by atomic mass is 16.5. The predicted octanol–water partition coefficient (Wildman–Crippen LogP) is 1.47. The first-order valence-electron chi connectivity index (χ1n) is 5.33. The lowest BCUT2D eigenvalue weighted by Crippen LogP contribution is -2.27. The van der Waals surface area contributed by atoms with Crippen molar-refractivity contribution in [3.63, 3.8) is 0 Å². The van der Waals surface area contributed by atoms with E-state index in [1.165, 1.54) is 0 Å². The summed E-state index contributed by atoms with van der Waals surface area (Å²) in [6, 6.07) is 6.02. The van der Waals surface area contributed by atoms with Gasteiger partial charge in [-0.2, -0.15) is 0 Å². The Morgan fingerprint density at radius 1 is 1.50 bits per heavy atom. The smallest absolute Gasteiger partial charge is 0.0603 e. The van der Waals surface area contributed by atoms with Crippen LogP contribution < -0.4 is 0 Å². The largest absolute Gasteiger partial charge is 0.383 e.